The molecule has 0 bridgehead atoms. The average molecular weight is 730 g/mol. The van der Waals surface area contributed by atoms with Crippen molar-refractivity contribution in [2.45, 2.75) is 150 Å². The maximum Gasteiger partial charge on any atom is 0.316 e. The van der Waals surface area contributed by atoms with Crippen molar-refractivity contribution in [2.75, 3.05) is 26.2 Å². The molecule has 13 nitrogen and oxygen atoms in total. The first-order chi connectivity index (χ1) is 24.0. The monoisotopic (exact) mass is 730 g/mol. The van der Waals surface area contributed by atoms with E-state index >= 15 is 0 Å². The molecule has 2 saturated carbocycles. The first-order valence-electron chi connectivity index (χ1n) is 19.5. The molecule has 0 radical (unpaired) electrons. The average Bonchev–Trinajstić information content (AvgIpc) is 3.47. The Morgan fingerprint density at radius 2 is 1.54 bits per heavy atom. The molecule has 2 aliphatic carbocycles. The van der Waals surface area contributed by atoms with Crippen molar-refractivity contribution in [2.24, 2.45) is 39.7 Å². The van der Waals surface area contributed by atoms with Gasteiger partial charge in [0.05, 0.1) is 6.04 Å². The number of nitrogens with two attached hydrogens (primary N) is 1. The largest absolute Gasteiger partial charge is 0.363 e. The number of hydrogen-bond donors (Lipinski definition) is 5. The highest BCUT2D eigenvalue weighted by atomic mass is 16.2. The number of ketones is 1. The number of hydrogen-bond acceptors (Lipinski definition) is 7. The molecule has 6 amide bonds. The Balaban J connectivity index is 1.60. The maximum atomic E-state index is 14.8. The molecule has 4 rings (SSSR count). The Labute approximate surface area is 311 Å². The number of amides is 6. The van der Waals surface area contributed by atoms with Gasteiger partial charge in [0, 0.05) is 31.7 Å². The van der Waals surface area contributed by atoms with Gasteiger partial charge in [-0.2, -0.15) is 0 Å². The number of carbonyl (C=O) groups excluding carboxylic acids is 6. The Morgan fingerprint density at radius 3 is 2.02 bits per heavy atom. The molecule has 13 heteroatoms. The van der Waals surface area contributed by atoms with Crippen molar-refractivity contribution in [3.05, 3.63) is 0 Å². The number of primary amides is 1. The van der Waals surface area contributed by atoms with Gasteiger partial charge in [-0.1, -0.05) is 81.1 Å². The highest BCUT2D eigenvalue weighted by Gasteiger charge is 2.55. The van der Waals surface area contributed by atoms with Gasteiger partial charge in [0.1, 0.15) is 18.1 Å². The van der Waals surface area contributed by atoms with Crippen LogP contribution in [0.3, 0.4) is 0 Å². The summed E-state index contributed by atoms with van der Waals surface area (Å²) < 4.78 is 0. The second-order valence-corrected chi connectivity index (χ2v) is 19.0. The van der Waals surface area contributed by atoms with Crippen LogP contribution in [0.1, 0.15) is 121 Å². The summed E-state index contributed by atoms with van der Waals surface area (Å²) in [5.74, 6) is -3.05. The lowest BCUT2D eigenvalue weighted by molar-refractivity contribution is -0.143. The van der Waals surface area contributed by atoms with E-state index in [1.54, 1.807) is 9.80 Å². The molecule has 4 fully saturated rings. The van der Waals surface area contributed by atoms with E-state index in [2.05, 4.69) is 42.0 Å². The molecule has 5 atom stereocenters. The van der Waals surface area contributed by atoms with E-state index in [4.69, 9.17) is 5.73 Å². The fourth-order valence-electron chi connectivity index (χ4n) is 8.63. The number of nitrogens with zero attached hydrogens (tertiary/aromatic N) is 2. The highest BCUT2D eigenvalue weighted by molar-refractivity contribution is 6.37. The lowest BCUT2D eigenvalue weighted by Crippen LogP contribution is -2.65. The van der Waals surface area contributed by atoms with Crippen LogP contribution in [0.15, 0.2) is 0 Å². The number of rotatable bonds is 13. The van der Waals surface area contributed by atoms with Crippen molar-refractivity contribution < 1.29 is 28.8 Å². The first-order valence-corrected chi connectivity index (χ1v) is 19.5. The zero-order valence-electron chi connectivity index (χ0n) is 33.4. The summed E-state index contributed by atoms with van der Waals surface area (Å²) in [7, 11) is 0. The first kappa shape index (κ1) is 41.5. The van der Waals surface area contributed by atoms with Crippen LogP contribution in [0.4, 0.5) is 4.79 Å². The minimum absolute atomic E-state index is 0.0331. The van der Waals surface area contributed by atoms with Crippen molar-refractivity contribution in [1.29, 1.82) is 0 Å². The maximum absolute atomic E-state index is 14.8. The third kappa shape index (κ3) is 8.76. The molecule has 0 aromatic rings. The van der Waals surface area contributed by atoms with Gasteiger partial charge in [0.2, 0.25) is 23.5 Å². The van der Waals surface area contributed by atoms with E-state index < -0.39 is 64.7 Å². The SMILES string of the molecule is CC(C)[C@H](NC(=O)N[C@@H](C(=O)N1CC(C(C)(C)C2(C)CCC2)CC1C(=O)NC(CC1CCC1)C(=O)C(N)=O)C(C)(C)C)C(=O)N1CCNCC1(C)C. The highest BCUT2D eigenvalue weighted by Crippen LogP contribution is 2.59. The minimum atomic E-state index is -1.09. The van der Waals surface area contributed by atoms with E-state index in [9.17, 15) is 28.8 Å². The van der Waals surface area contributed by atoms with Gasteiger partial charge in [-0.15, -0.1) is 0 Å². The van der Waals surface area contributed by atoms with Crippen molar-refractivity contribution in [1.82, 2.24) is 31.1 Å². The number of likely N-dealkylation sites (tertiary alicyclic amines) is 1. The summed E-state index contributed by atoms with van der Waals surface area (Å²) >= 11 is 0. The zero-order valence-corrected chi connectivity index (χ0v) is 33.4. The predicted octanol–water partition coefficient (Wildman–Crippen LogP) is 3.10. The topological polar surface area (TPSA) is 183 Å². The molecule has 2 saturated heterocycles. The summed E-state index contributed by atoms with van der Waals surface area (Å²) in [6.07, 6.45) is 6.83. The second-order valence-electron chi connectivity index (χ2n) is 19.0. The smallest absolute Gasteiger partial charge is 0.316 e. The molecular formula is C39H67N7O6. The Morgan fingerprint density at radius 1 is 0.904 bits per heavy atom. The van der Waals surface area contributed by atoms with E-state index in [0.29, 0.717) is 39.0 Å². The standard InChI is InChI=1S/C39H67N7O6/c1-23(2)28(33(50)46-18-17-41-22-37(46,6)7)43-35(52)44-30(36(3,4)5)34(51)45-21-25(38(8,9)39(10)15-12-16-39)20-27(45)32(49)42-26(29(47)31(40)48)19-24-13-11-14-24/h23-28,30,41H,11-22H2,1-10H3,(H2,40,48)(H,42,49)(H2,43,44,52)/t25?,26?,27?,28-,30-/m0/s1. The molecule has 4 aliphatic rings. The molecule has 294 valence electrons. The van der Waals surface area contributed by atoms with Crippen molar-refractivity contribution in [3.63, 3.8) is 0 Å². The summed E-state index contributed by atoms with van der Waals surface area (Å²) in [4.78, 5) is 84.9. The molecule has 0 aromatic heterocycles. The summed E-state index contributed by atoms with van der Waals surface area (Å²) in [6.45, 7) is 22.1. The number of urea groups is 1. The van der Waals surface area contributed by atoms with E-state index in [-0.39, 0.29) is 34.5 Å². The molecule has 0 spiro atoms. The third-order valence-electron chi connectivity index (χ3n) is 13.3. The fraction of sp³-hybridized carbons (Fsp3) is 0.846. The van der Waals surface area contributed by atoms with Crippen LogP contribution in [-0.2, 0) is 24.0 Å². The van der Waals surface area contributed by atoms with Crippen LogP contribution in [0.5, 0.6) is 0 Å². The van der Waals surface area contributed by atoms with Crippen LogP contribution in [0, 0.1) is 34.0 Å². The summed E-state index contributed by atoms with van der Waals surface area (Å²) in [5.41, 5.74) is 4.04. The predicted molar refractivity (Wildman–Crippen MR) is 200 cm³/mol. The number of Topliss-reactive ketones (excluding diaryl/α,β-unsaturated/α-hetero) is 1. The molecule has 52 heavy (non-hydrogen) atoms. The van der Waals surface area contributed by atoms with Gasteiger partial charge in [-0.3, -0.25) is 24.0 Å². The van der Waals surface area contributed by atoms with Crippen LogP contribution in [0.2, 0.25) is 0 Å². The molecule has 0 aromatic carbocycles. The molecule has 2 aliphatic heterocycles. The number of nitrogens with one attached hydrogen (secondary N) is 4. The van der Waals surface area contributed by atoms with Gasteiger partial charge < -0.3 is 36.8 Å². The quantitative estimate of drug-likeness (QED) is 0.181. The third-order valence-corrected chi connectivity index (χ3v) is 13.3. The van der Waals surface area contributed by atoms with E-state index in [0.717, 1.165) is 38.5 Å². The summed E-state index contributed by atoms with van der Waals surface area (Å²) in [6, 6.07) is -4.47. The lowest BCUT2D eigenvalue weighted by atomic mass is 9.51. The van der Waals surface area contributed by atoms with Crippen LogP contribution in [0.25, 0.3) is 0 Å². The lowest BCUT2D eigenvalue weighted by Gasteiger charge is -2.54. The molecular weight excluding hydrogens is 662 g/mol. The number of piperazine rings is 1. The van der Waals surface area contributed by atoms with Crippen LogP contribution < -0.4 is 27.0 Å². The van der Waals surface area contributed by atoms with Gasteiger partial charge in [0.15, 0.2) is 0 Å². The van der Waals surface area contributed by atoms with Gasteiger partial charge in [0.25, 0.3) is 5.91 Å². The summed E-state index contributed by atoms with van der Waals surface area (Å²) in [5, 5.41) is 12.0. The van der Waals surface area contributed by atoms with Crippen molar-refractivity contribution in [3.8, 4) is 0 Å². The van der Waals surface area contributed by atoms with Crippen LogP contribution in [-0.4, -0.2) is 101 Å². The van der Waals surface area contributed by atoms with Crippen LogP contribution >= 0.6 is 0 Å². The van der Waals surface area contributed by atoms with Gasteiger partial charge >= 0.3 is 6.03 Å². The Bertz CT molecular complexity index is 1380. The second kappa shape index (κ2) is 15.6. The molecule has 2 heterocycles. The van der Waals surface area contributed by atoms with Gasteiger partial charge in [-0.05, 0) is 73.5 Å². The number of carbonyl (C=O) groups is 6. The van der Waals surface area contributed by atoms with Crippen molar-refractivity contribution >= 4 is 35.4 Å². The van der Waals surface area contributed by atoms with E-state index in [1.807, 2.05) is 48.5 Å². The minimum Gasteiger partial charge on any atom is -0.363 e. The Hall–Kier alpha value is -3.22. The molecule has 3 unspecified atom stereocenters. The zero-order chi connectivity index (χ0) is 39.0. The normalized spacial score (nSPS) is 24.9. The van der Waals surface area contributed by atoms with Gasteiger partial charge in [-0.25, -0.2) is 4.79 Å². The Kier molecular flexibility index (Phi) is 12.5. The molecule has 6 N–H and O–H groups in total. The fourth-order valence-corrected chi connectivity index (χ4v) is 8.63. The van der Waals surface area contributed by atoms with E-state index in [1.165, 1.54) is 0 Å².